The normalized spacial score (nSPS) is 17.5. The van der Waals surface area contributed by atoms with Gasteiger partial charge in [0.05, 0.1) is 0 Å². The van der Waals surface area contributed by atoms with E-state index in [2.05, 4.69) is 15.2 Å². The van der Waals surface area contributed by atoms with Gasteiger partial charge in [0.15, 0.2) is 0 Å². The monoisotopic (exact) mass is 315 g/mol. The van der Waals surface area contributed by atoms with E-state index in [9.17, 15) is 4.79 Å². The molecule has 22 heavy (non-hydrogen) atoms. The van der Waals surface area contributed by atoms with Crippen LogP contribution in [0.2, 0.25) is 5.02 Å². The molecule has 0 radical (unpaired) electrons. The average molecular weight is 316 g/mol. The van der Waals surface area contributed by atoms with Crippen LogP contribution in [0, 0.1) is 5.92 Å². The SMILES string of the molecule is O=C(NC[C@@H]1CCN(c2ccc(Cl)cc2)C1)c1ccncc1. The maximum Gasteiger partial charge on any atom is 0.251 e. The van der Waals surface area contributed by atoms with Crippen molar-refractivity contribution in [2.24, 2.45) is 5.92 Å². The van der Waals surface area contributed by atoms with E-state index in [-0.39, 0.29) is 5.91 Å². The molecule has 2 aromatic rings. The van der Waals surface area contributed by atoms with Crippen LogP contribution < -0.4 is 10.2 Å². The highest BCUT2D eigenvalue weighted by molar-refractivity contribution is 6.30. The van der Waals surface area contributed by atoms with Crippen LogP contribution in [0.1, 0.15) is 16.8 Å². The van der Waals surface area contributed by atoms with E-state index in [1.165, 1.54) is 5.69 Å². The summed E-state index contributed by atoms with van der Waals surface area (Å²) in [5.41, 5.74) is 1.84. The van der Waals surface area contributed by atoms with Gasteiger partial charge in [-0.3, -0.25) is 9.78 Å². The molecule has 114 valence electrons. The van der Waals surface area contributed by atoms with Gasteiger partial charge in [0.2, 0.25) is 0 Å². The third-order valence-corrected chi connectivity index (χ3v) is 4.22. The number of pyridine rings is 1. The lowest BCUT2D eigenvalue weighted by molar-refractivity contribution is 0.0948. The largest absolute Gasteiger partial charge is 0.371 e. The molecule has 0 saturated carbocycles. The van der Waals surface area contributed by atoms with Crippen molar-refractivity contribution < 1.29 is 4.79 Å². The highest BCUT2D eigenvalue weighted by Gasteiger charge is 2.23. The highest BCUT2D eigenvalue weighted by Crippen LogP contribution is 2.24. The van der Waals surface area contributed by atoms with E-state index in [0.717, 1.165) is 24.5 Å². The summed E-state index contributed by atoms with van der Waals surface area (Å²) in [4.78, 5) is 18.3. The molecule has 3 rings (SSSR count). The Balaban J connectivity index is 1.51. The second-order valence-electron chi connectivity index (χ2n) is 5.52. The van der Waals surface area contributed by atoms with Crippen LogP contribution in [0.15, 0.2) is 48.8 Å². The topological polar surface area (TPSA) is 45.2 Å². The molecule has 1 fully saturated rings. The molecule has 1 aliphatic rings. The first-order chi connectivity index (χ1) is 10.7. The smallest absolute Gasteiger partial charge is 0.251 e. The van der Waals surface area contributed by atoms with Crippen molar-refractivity contribution in [1.82, 2.24) is 10.3 Å². The van der Waals surface area contributed by atoms with Gasteiger partial charge in [-0.15, -0.1) is 0 Å². The van der Waals surface area contributed by atoms with Crippen molar-refractivity contribution in [2.45, 2.75) is 6.42 Å². The van der Waals surface area contributed by atoms with Gasteiger partial charge in [0, 0.05) is 48.3 Å². The zero-order valence-corrected chi connectivity index (χ0v) is 13.0. The fourth-order valence-electron chi connectivity index (χ4n) is 2.73. The van der Waals surface area contributed by atoms with Crippen molar-refractivity contribution >= 4 is 23.2 Å². The Morgan fingerprint density at radius 2 is 1.95 bits per heavy atom. The molecule has 1 N–H and O–H groups in total. The lowest BCUT2D eigenvalue weighted by Gasteiger charge is -2.19. The summed E-state index contributed by atoms with van der Waals surface area (Å²) in [6.07, 6.45) is 4.35. The van der Waals surface area contributed by atoms with Crippen LogP contribution in [0.25, 0.3) is 0 Å². The number of rotatable bonds is 4. The van der Waals surface area contributed by atoms with E-state index in [0.29, 0.717) is 18.0 Å². The second kappa shape index (κ2) is 6.79. The van der Waals surface area contributed by atoms with Gasteiger partial charge in [-0.05, 0) is 48.7 Å². The van der Waals surface area contributed by atoms with Gasteiger partial charge < -0.3 is 10.2 Å². The highest BCUT2D eigenvalue weighted by atomic mass is 35.5. The molecule has 0 aliphatic carbocycles. The molecule has 1 aromatic heterocycles. The molecule has 2 heterocycles. The quantitative estimate of drug-likeness (QED) is 0.943. The fraction of sp³-hybridized carbons (Fsp3) is 0.294. The average Bonchev–Trinajstić information content (AvgIpc) is 3.03. The number of nitrogens with one attached hydrogen (secondary N) is 1. The maximum atomic E-state index is 12.0. The summed E-state index contributed by atoms with van der Waals surface area (Å²) < 4.78 is 0. The molecule has 0 bridgehead atoms. The zero-order valence-electron chi connectivity index (χ0n) is 12.2. The number of hydrogen-bond donors (Lipinski definition) is 1. The minimum absolute atomic E-state index is 0.0349. The summed E-state index contributed by atoms with van der Waals surface area (Å²) >= 11 is 5.92. The van der Waals surface area contributed by atoms with Crippen LogP contribution in [0.3, 0.4) is 0 Å². The lowest BCUT2D eigenvalue weighted by Crippen LogP contribution is -2.31. The standard InChI is InChI=1S/C17H18ClN3O/c18-15-1-3-16(4-2-15)21-10-7-13(12-21)11-20-17(22)14-5-8-19-9-6-14/h1-6,8-9,13H,7,10-12H2,(H,20,22)/t13-/m0/s1. The molecule has 1 amide bonds. The van der Waals surface area contributed by atoms with Crippen molar-refractivity contribution in [3.05, 3.63) is 59.4 Å². The molecule has 1 atom stereocenters. The molecular formula is C17H18ClN3O. The van der Waals surface area contributed by atoms with Crippen LogP contribution in [-0.2, 0) is 0 Å². The number of carbonyl (C=O) groups is 1. The van der Waals surface area contributed by atoms with Crippen LogP contribution in [0.5, 0.6) is 0 Å². The van der Waals surface area contributed by atoms with E-state index in [1.807, 2.05) is 24.3 Å². The van der Waals surface area contributed by atoms with E-state index >= 15 is 0 Å². The third-order valence-electron chi connectivity index (χ3n) is 3.97. The zero-order chi connectivity index (χ0) is 15.4. The first kappa shape index (κ1) is 14.9. The molecule has 1 saturated heterocycles. The molecule has 1 aromatic carbocycles. The predicted octanol–water partition coefficient (Wildman–Crippen LogP) is 2.99. The van der Waals surface area contributed by atoms with Gasteiger partial charge in [-0.1, -0.05) is 11.6 Å². The van der Waals surface area contributed by atoms with Gasteiger partial charge in [-0.2, -0.15) is 0 Å². The first-order valence-corrected chi connectivity index (χ1v) is 7.79. The van der Waals surface area contributed by atoms with E-state index < -0.39 is 0 Å². The number of aromatic nitrogens is 1. The minimum atomic E-state index is -0.0349. The Hall–Kier alpha value is -2.07. The Morgan fingerprint density at radius 3 is 2.68 bits per heavy atom. The Labute approximate surface area is 135 Å². The van der Waals surface area contributed by atoms with Gasteiger partial charge in [-0.25, -0.2) is 0 Å². The Kier molecular flexibility index (Phi) is 4.59. The number of amides is 1. The van der Waals surface area contributed by atoms with Crippen LogP contribution >= 0.6 is 11.6 Å². The third kappa shape index (κ3) is 3.57. The molecule has 0 spiro atoms. The van der Waals surface area contributed by atoms with E-state index in [4.69, 9.17) is 11.6 Å². The molecular weight excluding hydrogens is 298 g/mol. The Bertz CT molecular complexity index is 630. The van der Waals surface area contributed by atoms with Crippen molar-refractivity contribution in [2.75, 3.05) is 24.5 Å². The van der Waals surface area contributed by atoms with Gasteiger partial charge in [0.25, 0.3) is 5.91 Å². The molecule has 5 heteroatoms. The fourth-order valence-corrected chi connectivity index (χ4v) is 2.85. The van der Waals surface area contributed by atoms with Crippen molar-refractivity contribution in [1.29, 1.82) is 0 Å². The number of nitrogens with zero attached hydrogens (tertiary/aromatic N) is 2. The minimum Gasteiger partial charge on any atom is -0.371 e. The molecule has 1 aliphatic heterocycles. The summed E-state index contributed by atoms with van der Waals surface area (Å²) in [6.45, 7) is 2.67. The summed E-state index contributed by atoms with van der Waals surface area (Å²) in [5.74, 6) is 0.439. The van der Waals surface area contributed by atoms with Gasteiger partial charge >= 0.3 is 0 Å². The van der Waals surface area contributed by atoms with Crippen LogP contribution in [-0.4, -0.2) is 30.5 Å². The number of benzene rings is 1. The van der Waals surface area contributed by atoms with Gasteiger partial charge in [0.1, 0.15) is 0 Å². The number of anilines is 1. The molecule has 0 unspecified atom stereocenters. The van der Waals surface area contributed by atoms with Crippen LogP contribution in [0.4, 0.5) is 5.69 Å². The summed E-state index contributed by atoms with van der Waals surface area (Å²) in [6, 6.07) is 11.4. The summed E-state index contributed by atoms with van der Waals surface area (Å²) in [5, 5.41) is 3.76. The second-order valence-corrected chi connectivity index (χ2v) is 5.96. The summed E-state index contributed by atoms with van der Waals surface area (Å²) in [7, 11) is 0. The molecule has 4 nitrogen and oxygen atoms in total. The van der Waals surface area contributed by atoms with Crippen molar-refractivity contribution in [3.63, 3.8) is 0 Å². The lowest BCUT2D eigenvalue weighted by atomic mass is 10.1. The number of carbonyl (C=O) groups excluding carboxylic acids is 1. The maximum absolute atomic E-state index is 12.0. The number of halogens is 1. The van der Waals surface area contributed by atoms with E-state index in [1.54, 1.807) is 24.5 Å². The predicted molar refractivity (Wildman–Crippen MR) is 88.3 cm³/mol. The Morgan fingerprint density at radius 1 is 1.23 bits per heavy atom. The van der Waals surface area contributed by atoms with Crippen molar-refractivity contribution in [3.8, 4) is 0 Å². The first-order valence-electron chi connectivity index (χ1n) is 7.41. The number of hydrogen-bond acceptors (Lipinski definition) is 3.